The minimum Gasteiger partial charge on any atom is -0.457 e. The smallest absolute Gasteiger partial charge is 0.244 e. The van der Waals surface area contributed by atoms with Crippen LogP contribution in [0.3, 0.4) is 0 Å². The number of rotatable bonds is 6. The number of nitrogens with one attached hydrogen (secondary N) is 1. The Labute approximate surface area is 142 Å². The topological polar surface area (TPSA) is 48.7 Å². The first-order valence-electron chi connectivity index (χ1n) is 8.56. The molecule has 3 rings (SSSR count). The molecule has 0 atom stereocenters. The van der Waals surface area contributed by atoms with Crippen molar-refractivity contribution in [1.29, 1.82) is 0 Å². The van der Waals surface area contributed by atoms with E-state index in [2.05, 4.69) is 22.2 Å². The van der Waals surface area contributed by atoms with Crippen molar-refractivity contribution in [2.45, 2.75) is 6.42 Å². The number of carbonyl (C=O) groups is 1. The molecule has 1 aromatic heterocycles. The van der Waals surface area contributed by atoms with Gasteiger partial charge < -0.3 is 19.5 Å². The summed E-state index contributed by atoms with van der Waals surface area (Å²) in [4.78, 5) is 16.7. The number of benzene rings is 1. The number of fused-ring (bicyclic) bond motifs is 1. The number of amides is 1. The lowest BCUT2D eigenvalue weighted by molar-refractivity contribution is -0.116. The summed E-state index contributed by atoms with van der Waals surface area (Å²) in [5.74, 6) is 0.623. The van der Waals surface area contributed by atoms with Gasteiger partial charge in [0.15, 0.2) is 0 Å². The van der Waals surface area contributed by atoms with E-state index in [1.165, 1.54) is 6.08 Å². The highest BCUT2D eigenvalue weighted by Crippen LogP contribution is 2.19. The van der Waals surface area contributed by atoms with Crippen molar-refractivity contribution in [2.24, 2.45) is 0 Å². The van der Waals surface area contributed by atoms with Crippen LogP contribution in [0.5, 0.6) is 0 Å². The van der Waals surface area contributed by atoms with Crippen LogP contribution >= 0.6 is 0 Å². The Kier molecular flexibility index (Phi) is 5.67. The second-order valence-corrected chi connectivity index (χ2v) is 6.31. The number of likely N-dealkylation sites (N-methyl/N-ethyl adjacent to an activating group) is 1. The molecule has 1 amide bonds. The first-order valence-corrected chi connectivity index (χ1v) is 8.56. The first-order chi connectivity index (χ1) is 11.7. The molecule has 0 spiro atoms. The van der Waals surface area contributed by atoms with Crippen molar-refractivity contribution in [3.8, 4) is 0 Å². The van der Waals surface area contributed by atoms with Gasteiger partial charge in [0.05, 0.1) is 0 Å². The number of para-hydroxylation sites is 1. The van der Waals surface area contributed by atoms with Gasteiger partial charge in [0.2, 0.25) is 5.91 Å². The SMILES string of the molecule is CN1CCN(CCCNC(=O)/C=C/c2cc3ccccc3o2)CC1. The van der Waals surface area contributed by atoms with Gasteiger partial charge in [-0.2, -0.15) is 0 Å². The third-order valence-electron chi connectivity index (χ3n) is 4.39. The average molecular weight is 327 g/mol. The van der Waals surface area contributed by atoms with Crippen molar-refractivity contribution in [3.63, 3.8) is 0 Å². The number of carbonyl (C=O) groups excluding carboxylic acids is 1. The highest BCUT2D eigenvalue weighted by molar-refractivity contribution is 5.92. The van der Waals surface area contributed by atoms with E-state index >= 15 is 0 Å². The molecule has 1 aromatic carbocycles. The largest absolute Gasteiger partial charge is 0.457 e. The molecular formula is C19H25N3O2. The number of piperazine rings is 1. The van der Waals surface area contributed by atoms with Crippen LogP contribution in [0.2, 0.25) is 0 Å². The normalized spacial score (nSPS) is 16.9. The van der Waals surface area contributed by atoms with Crippen molar-refractivity contribution < 1.29 is 9.21 Å². The standard InChI is InChI=1S/C19H25N3O2/c1-21-11-13-22(14-12-21)10-4-9-20-19(23)8-7-17-15-16-5-2-3-6-18(16)24-17/h2-3,5-8,15H,4,9-14H2,1H3,(H,20,23)/b8-7+. The van der Waals surface area contributed by atoms with Gasteiger partial charge in [-0.15, -0.1) is 0 Å². The quantitative estimate of drug-likeness (QED) is 0.653. The third kappa shape index (κ3) is 4.69. The maximum absolute atomic E-state index is 11.9. The van der Waals surface area contributed by atoms with Crippen LogP contribution in [-0.2, 0) is 4.79 Å². The zero-order chi connectivity index (χ0) is 16.8. The van der Waals surface area contributed by atoms with Crippen LogP contribution in [0.4, 0.5) is 0 Å². The van der Waals surface area contributed by atoms with Crippen molar-refractivity contribution in [2.75, 3.05) is 46.3 Å². The van der Waals surface area contributed by atoms with E-state index in [-0.39, 0.29) is 5.91 Å². The van der Waals surface area contributed by atoms with E-state index in [9.17, 15) is 4.79 Å². The van der Waals surface area contributed by atoms with Crippen LogP contribution in [-0.4, -0.2) is 62.0 Å². The van der Waals surface area contributed by atoms with Crippen molar-refractivity contribution >= 4 is 23.0 Å². The predicted molar refractivity (Wildman–Crippen MR) is 96.8 cm³/mol. The van der Waals surface area contributed by atoms with Gasteiger partial charge in [0.25, 0.3) is 0 Å². The fourth-order valence-electron chi connectivity index (χ4n) is 2.89. The predicted octanol–water partition coefficient (Wildman–Crippen LogP) is 2.20. The van der Waals surface area contributed by atoms with E-state index < -0.39 is 0 Å². The highest BCUT2D eigenvalue weighted by atomic mass is 16.3. The van der Waals surface area contributed by atoms with Gasteiger partial charge in [-0.3, -0.25) is 4.79 Å². The van der Waals surface area contributed by atoms with E-state index in [1.54, 1.807) is 6.08 Å². The summed E-state index contributed by atoms with van der Waals surface area (Å²) < 4.78 is 5.65. The molecular weight excluding hydrogens is 302 g/mol. The summed E-state index contributed by atoms with van der Waals surface area (Å²) in [7, 11) is 2.16. The zero-order valence-corrected chi connectivity index (χ0v) is 14.2. The molecule has 5 nitrogen and oxygen atoms in total. The fraction of sp³-hybridized carbons (Fsp3) is 0.421. The minimum absolute atomic E-state index is 0.0752. The van der Waals surface area contributed by atoms with E-state index in [0.29, 0.717) is 12.3 Å². The Morgan fingerprint density at radius 1 is 1.25 bits per heavy atom. The Morgan fingerprint density at radius 3 is 2.83 bits per heavy atom. The summed E-state index contributed by atoms with van der Waals surface area (Å²) in [5, 5.41) is 3.98. The molecule has 0 aliphatic carbocycles. The van der Waals surface area contributed by atoms with Gasteiger partial charge in [-0.25, -0.2) is 0 Å². The highest BCUT2D eigenvalue weighted by Gasteiger charge is 2.12. The molecule has 128 valence electrons. The molecule has 2 heterocycles. The lowest BCUT2D eigenvalue weighted by Crippen LogP contribution is -2.45. The number of furan rings is 1. The third-order valence-corrected chi connectivity index (χ3v) is 4.39. The molecule has 2 aromatic rings. The molecule has 24 heavy (non-hydrogen) atoms. The molecule has 0 saturated carbocycles. The molecule has 0 unspecified atom stereocenters. The lowest BCUT2D eigenvalue weighted by atomic mass is 10.2. The van der Waals surface area contributed by atoms with Crippen molar-refractivity contribution in [1.82, 2.24) is 15.1 Å². The number of nitrogens with zero attached hydrogens (tertiary/aromatic N) is 2. The summed E-state index contributed by atoms with van der Waals surface area (Å²) >= 11 is 0. The molecule has 5 heteroatoms. The summed E-state index contributed by atoms with van der Waals surface area (Å²) in [6.45, 7) is 6.25. The van der Waals surface area contributed by atoms with Gasteiger partial charge in [-0.05, 0) is 38.2 Å². The second-order valence-electron chi connectivity index (χ2n) is 6.31. The first kappa shape index (κ1) is 16.7. The van der Waals surface area contributed by atoms with Crippen LogP contribution in [0.25, 0.3) is 17.0 Å². The molecule has 1 aliphatic rings. The Hall–Kier alpha value is -2.11. The second kappa shape index (κ2) is 8.13. The summed E-state index contributed by atoms with van der Waals surface area (Å²) in [6, 6.07) is 9.76. The molecule has 0 radical (unpaired) electrons. The van der Waals surface area contributed by atoms with Crippen LogP contribution in [0.15, 0.2) is 40.8 Å². The van der Waals surface area contributed by atoms with Gasteiger partial charge in [-0.1, -0.05) is 18.2 Å². The van der Waals surface area contributed by atoms with E-state index in [1.807, 2.05) is 30.3 Å². The van der Waals surface area contributed by atoms with Gasteiger partial charge >= 0.3 is 0 Å². The summed E-state index contributed by atoms with van der Waals surface area (Å²) in [6.07, 6.45) is 4.23. The lowest BCUT2D eigenvalue weighted by Gasteiger charge is -2.32. The molecule has 0 bridgehead atoms. The average Bonchev–Trinajstić information content (AvgIpc) is 3.01. The van der Waals surface area contributed by atoms with E-state index in [4.69, 9.17) is 4.42 Å². The minimum atomic E-state index is -0.0752. The van der Waals surface area contributed by atoms with Crippen LogP contribution in [0.1, 0.15) is 12.2 Å². The fourth-order valence-corrected chi connectivity index (χ4v) is 2.89. The van der Waals surface area contributed by atoms with Crippen LogP contribution < -0.4 is 5.32 Å². The van der Waals surface area contributed by atoms with Crippen molar-refractivity contribution in [3.05, 3.63) is 42.2 Å². The monoisotopic (exact) mass is 327 g/mol. The zero-order valence-electron chi connectivity index (χ0n) is 14.2. The molecule has 1 N–H and O–H groups in total. The van der Waals surface area contributed by atoms with Gasteiger partial charge in [0, 0.05) is 44.2 Å². The number of hydrogen-bond donors (Lipinski definition) is 1. The molecule has 1 fully saturated rings. The maximum atomic E-state index is 11.9. The Bertz CT molecular complexity index is 666. The maximum Gasteiger partial charge on any atom is 0.244 e. The number of hydrogen-bond acceptors (Lipinski definition) is 4. The Morgan fingerprint density at radius 2 is 2.04 bits per heavy atom. The Balaban J connectivity index is 1.37. The van der Waals surface area contributed by atoms with Crippen LogP contribution in [0, 0.1) is 0 Å². The molecule has 1 aliphatic heterocycles. The molecule has 1 saturated heterocycles. The van der Waals surface area contributed by atoms with Gasteiger partial charge in [0.1, 0.15) is 11.3 Å². The summed E-state index contributed by atoms with van der Waals surface area (Å²) in [5.41, 5.74) is 0.838. The van der Waals surface area contributed by atoms with E-state index in [0.717, 1.165) is 50.1 Å².